The van der Waals surface area contributed by atoms with Gasteiger partial charge in [0, 0.05) is 12.8 Å². The highest BCUT2D eigenvalue weighted by molar-refractivity contribution is 5.78. The van der Waals surface area contributed by atoms with E-state index in [1.807, 2.05) is 12.2 Å². The van der Waals surface area contributed by atoms with E-state index in [-0.39, 0.29) is 12.4 Å². The number of hydrogen-bond donors (Lipinski definition) is 1. The van der Waals surface area contributed by atoms with E-state index in [0.29, 0.717) is 6.42 Å². The maximum absolute atomic E-state index is 12.1. The molecule has 0 rings (SSSR count). The highest BCUT2D eigenvalue weighted by Crippen LogP contribution is 2.13. The van der Waals surface area contributed by atoms with E-state index in [1.165, 1.54) is 89.9 Å². The van der Waals surface area contributed by atoms with Crippen molar-refractivity contribution < 1.29 is 19.4 Å². The predicted octanol–water partition coefficient (Wildman–Crippen LogP) is 10.4. The number of ether oxygens (including phenoxy) is 1. The Bertz CT molecular complexity index is 579. The maximum atomic E-state index is 12.1. The molecule has 0 aliphatic rings. The van der Waals surface area contributed by atoms with Crippen LogP contribution in [0, 0.1) is 5.92 Å². The summed E-state index contributed by atoms with van der Waals surface area (Å²) in [6.07, 6.45) is 32.2. The van der Waals surface area contributed by atoms with Gasteiger partial charge in [0.05, 0.1) is 0 Å². The number of carbonyl (C=O) groups is 2. The molecule has 0 aromatic carbocycles. The average molecular weight is 521 g/mol. The van der Waals surface area contributed by atoms with Gasteiger partial charge in [-0.05, 0) is 50.9 Å². The molecule has 0 fully saturated rings. The van der Waals surface area contributed by atoms with Crippen molar-refractivity contribution in [2.45, 2.75) is 168 Å². The molecule has 0 heterocycles. The molecule has 0 spiro atoms. The fraction of sp³-hybridized carbons (Fsp3) is 0.818. The molecule has 0 amide bonds. The minimum Gasteiger partial charge on any atom is -0.478 e. The van der Waals surface area contributed by atoms with Gasteiger partial charge in [-0.2, -0.15) is 0 Å². The van der Waals surface area contributed by atoms with Crippen molar-refractivity contribution in [2.24, 2.45) is 5.92 Å². The first-order valence-corrected chi connectivity index (χ1v) is 15.7. The summed E-state index contributed by atoms with van der Waals surface area (Å²) in [5, 5.41) is 9.37. The fourth-order valence-corrected chi connectivity index (χ4v) is 4.44. The first-order chi connectivity index (χ1) is 18.0. The van der Waals surface area contributed by atoms with Crippen LogP contribution in [0.2, 0.25) is 0 Å². The second-order valence-corrected chi connectivity index (χ2v) is 11.1. The van der Waals surface area contributed by atoms with Gasteiger partial charge in [0.15, 0.2) is 0 Å². The molecule has 1 unspecified atom stereocenters. The molecule has 0 bridgehead atoms. The van der Waals surface area contributed by atoms with Crippen LogP contribution in [0.4, 0.5) is 0 Å². The lowest BCUT2D eigenvalue weighted by Crippen LogP contribution is -2.26. The normalized spacial score (nSPS) is 12.6. The lowest BCUT2D eigenvalue weighted by atomic mass is 10.0. The first-order valence-electron chi connectivity index (χ1n) is 15.7. The zero-order valence-electron chi connectivity index (χ0n) is 24.7. The number of unbranched alkanes of at least 4 members (excludes halogenated alkanes) is 16. The van der Waals surface area contributed by atoms with Crippen molar-refractivity contribution in [3.05, 3.63) is 24.3 Å². The lowest BCUT2D eigenvalue weighted by Gasteiger charge is -2.12. The van der Waals surface area contributed by atoms with Crippen LogP contribution in [-0.4, -0.2) is 23.1 Å². The van der Waals surface area contributed by atoms with E-state index in [4.69, 9.17) is 4.74 Å². The molecule has 0 radical (unpaired) electrons. The summed E-state index contributed by atoms with van der Waals surface area (Å²) in [7, 11) is 0. The lowest BCUT2D eigenvalue weighted by molar-refractivity contribution is -0.163. The van der Waals surface area contributed by atoms with Crippen molar-refractivity contribution in [1.29, 1.82) is 0 Å². The van der Waals surface area contributed by atoms with Crippen LogP contribution < -0.4 is 0 Å². The number of hydrogen-bond acceptors (Lipinski definition) is 3. The van der Waals surface area contributed by atoms with Crippen molar-refractivity contribution in [3.8, 4) is 0 Å². The second-order valence-electron chi connectivity index (χ2n) is 11.1. The molecule has 0 saturated heterocycles. The van der Waals surface area contributed by atoms with E-state index in [1.54, 1.807) is 0 Å². The van der Waals surface area contributed by atoms with Gasteiger partial charge in [-0.25, -0.2) is 4.79 Å². The van der Waals surface area contributed by atoms with Gasteiger partial charge in [0.1, 0.15) is 0 Å². The summed E-state index contributed by atoms with van der Waals surface area (Å²) in [6, 6.07) is 0. The molecule has 0 aliphatic heterocycles. The van der Waals surface area contributed by atoms with Gasteiger partial charge in [0.25, 0.3) is 0 Å². The van der Waals surface area contributed by atoms with E-state index in [2.05, 4.69) is 32.9 Å². The number of allylic oxidation sites excluding steroid dienone is 3. The van der Waals surface area contributed by atoms with Crippen LogP contribution in [0.5, 0.6) is 0 Å². The average Bonchev–Trinajstić information content (AvgIpc) is 2.86. The van der Waals surface area contributed by atoms with Crippen molar-refractivity contribution in [1.82, 2.24) is 0 Å². The van der Waals surface area contributed by atoms with E-state index in [9.17, 15) is 14.7 Å². The highest BCUT2D eigenvalue weighted by Gasteiger charge is 2.20. The third-order valence-electron chi connectivity index (χ3n) is 6.86. The Hall–Kier alpha value is -1.58. The summed E-state index contributed by atoms with van der Waals surface area (Å²) in [4.78, 5) is 23.5. The van der Waals surface area contributed by atoms with E-state index in [0.717, 1.165) is 44.4 Å². The molecule has 1 atom stereocenters. The quantitative estimate of drug-likeness (QED) is 0.0664. The Balaban J connectivity index is 3.68. The molecular formula is C33H60O4. The number of carboxylic acid groups (broad SMARTS) is 1. The van der Waals surface area contributed by atoms with Gasteiger partial charge in [0.2, 0.25) is 6.10 Å². The zero-order valence-corrected chi connectivity index (χ0v) is 24.7. The number of esters is 1. The third-order valence-corrected chi connectivity index (χ3v) is 6.86. The Labute approximate surface area is 229 Å². The van der Waals surface area contributed by atoms with Gasteiger partial charge in [-0.15, -0.1) is 0 Å². The summed E-state index contributed by atoms with van der Waals surface area (Å²) in [5.41, 5.74) is 0. The van der Waals surface area contributed by atoms with Crippen molar-refractivity contribution >= 4 is 11.9 Å². The third kappa shape index (κ3) is 27.3. The standard InChI is InChI=1S/C33H60O4/c1-4-5-6-7-8-9-10-11-12-13-14-15-20-23-26-29-32(34)37-31(33(35)36)28-25-22-19-17-16-18-21-24-27-30(2)3/h11-12,22,25,30-31H,4-10,13-21,23-24,26-29H2,1-3H3,(H,35,36). The number of aliphatic carboxylic acids is 1. The molecule has 0 aromatic rings. The molecule has 0 aliphatic carbocycles. The van der Waals surface area contributed by atoms with Crippen LogP contribution in [0.3, 0.4) is 0 Å². The van der Waals surface area contributed by atoms with Gasteiger partial charge >= 0.3 is 11.9 Å². The molecule has 0 saturated carbocycles. The molecular weight excluding hydrogens is 460 g/mol. The number of rotatable bonds is 27. The Morgan fingerprint density at radius 3 is 1.62 bits per heavy atom. The monoisotopic (exact) mass is 520 g/mol. The van der Waals surface area contributed by atoms with Crippen LogP contribution in [0.1, 0.15) is 162 Å². The minimum absolute atomic E-state index is 0.252. The predicted molar refractivity (Wildman–Crippen MR) is 158 cm³/mol. The Morgan fingerprint density at radius 2 is 1.11 bits per heavy atom. The molecule has 4 heteroatoms. The molecule has 4 nitrogen and oxygen atoms in total. The summed E-state index contributed by atoms with van der Waals surface area (Å²) in [6.45, 7) is 6.80. The van der Waals surface area contributed by atoms with Gasteiger partial charge in [-0.3, -0.25) is 4.79 Å². The van der Waals surface area contributed by atoms with Crippen LogP contribution in [0.25, 0.3) is 0 Å². The van der Waals surface area contributed by atoms with Crippen LogP contribution in [-0.2, 0) is 14.3 Å². The Morgan fingerprint density at radius 1 is 0.649 bits per heavy atom. The summed E-state index contributed by atoms with van der Waals surface area (Å²) >= 11 is 0. The summed E-state index contributed by atoms with van der Waals surface area (Å²) < 4.78 is 5.22. The number of carboxylic acids is 1. The zero-order chi connectivity index (χ0) is 27.4. The largest absolute Gasteiger partial charge is 0.478 e. The fourth-order valence-electron chi connectivity index (χ4n) is 4.44. The van der Waals surface area contributed by atoms with Gasteiger partial charge < -0.3 is 9.84 Å². The second kappa shape index (κ2) is 27.5. The van der Waals surface area contributed by atoms with E-state index >= 15 is 0 Å². The van der Waals surface area contributed by atoms with Gasteiger partial charge in [-0.1, -0.05) is 129 Å². The molecule has 0 aromatic heterocycles. The molecule has 1 N–H and O–H groups in total. The SMILES string of the molecule is CCCCCCCCC=CCCCCCCCC(=O)OC(CC=CCCCCCCCC(C)C)C(=O)O. The topological polar surface area (TPSA) is 63.6 Å². The Kier molecular flexibility index (Phi) is 26.3. The first kappa shape index (κ1) is 35.4. The number of carbonyl (C=O) groups excluding carboxylic acids is 1. The van der Waals surface area contributed by atoms with Crippen molar-refractivity contribution in [3.63, 3.8) is 0 Å². The van der Waals surface area contributed by atoms with Crippen LogP contribution >= 0.6 is 0 Å². The highest BCUT2D eigenvalue weighted by atomic mass is 16.6. The van der Waals surface area contributed by atoms with E-state index < -0.39 is 12.1 Å². The van der Waals surface area contributed by atoms with Crippen LogP contribution in [0.15, 0.2) is 24.3 Å². The smallest absolute Gasteiger partial charge is 0.345 e. The molecule has 37 heavy (non-hydrogen) atoms. The maximum Gasteiger partial charge on any atom is 0.345 e. The van der Waals surface area contributed by atoms with Crippen molar-refractivity contribution in [2.75, 3.05) is 0 Å². The summed E-state index contributed by atoms with van der Waals surface area (Å²) in [5.74, 6) is -0.659. The minimum atomic E-state index is -1.07. The molecule has 216 valence electrons.